The van der Waals surface area contributed by atoms with E-state index < -0.39 is 17.7 Å². The summed E-state index contributed by atoms with van der Waals surface area (Å²) in [5.74, 6) is -0.170. The average Bonchev–Trinajstić information content (AvgIpc) is 2.44. The fourth-order valence-corrected chi connectivity index (χ4v) is 2.58. The van der Waals surface area contributed by atoms with E-state index in [1.54, 1.807) is 6.08 Å². The van der Waals surface area contributed by atoms with E-state index in [9.17, 15) is 9.90 Å². The Bertz CT molecular complexity index is 664. The second kappa shape index (κ2) is 6.59. The highest BCUT2D eigenvalue weighted by molar-refractivity contribution is 5.85. The molecule has 2 rings (SSSR count). The summed E-state index contributed by atoms with van der Waals surface area (Å²) in [7, 11) is 0. The molecule has 1 atom stereocenters. The van der Waals surface area contributed by atoms with Crippen molar-refractivity contribution in [3.63, 3.8) is 0 Å². The van der Waals surface area contributed by atoms with Crippen molar-refractivity contribution < 1.29 is 19.7 Å². The third kappa shape index (κ3) is 4.23. The summed E-state index contributed by atoms with van der Waals surface area (Å²) in [4.78, 5) is 10.7. The third-order valence-electron chi connectivity index (χ3n) is 3.99. The van der Waals surface area contributed by atoms with Crippen LogP contribution in [0.15, 0.2) is 29.9 Å². The number of hydrogen-bond acceptors (Lipinski definition) is 3. The Morgan fingerprint density at radius 3 is 2.70 bits per heavy atom. The van der Waals surface area contributed by atoms with Crippen molar-refractivity contribution in [3.8, 4) is 5.75 Å². The number of hydrogen-bond donors (Lipinski definition) is 2. The van der Waals surface area contributed by atoms with E-state index in [2.05, 4.69) is 6.08 Å². The molecule has 0 aromatic heterocycles. The molecule has 0 aliphatic carbocycles. The maximum atomic E-state index is 10.7. The predicted octanol–water partition coefficient (Wildman–Crippen LogP) is 3.37. The predicted molar refractivity (Wildman–Crippen MR) is 90.7 cm³/mol. The number of allylic oxidation sites excluding steroid dienone is 2. The number of carbonyl (C=O) groups is 1. The van der Waals surface area contributed by atoms with Gasteiger partial charge in [0.25, 0.3) is 0 Å². The van der Waals surface area contributed by atoms with Gasteiger partial charge in [-0.1, -0.05) is 11.6 Å². The lowest BCUT2D eigenvalue weighted by Gasteiger charge is -2.38. The van der Waals surface area contributed by atoms with Crippen molar-refractivity contribution in [2.75, 3.05) is 0 Å². The van der Waals surface area contributed by atoms with E-state index in [4.69, 9.17) is 9.84 Å². The molecule has 0 unspecified atom stereocenters. The minimum atomic E-state index is -0.981. The number of aliphatic carboxylic acids is 1. The van der Waals surface area contributed by atoms with Crippen LogP contribution in [0.1, 0.15) is 44.4 Å². The van der Waals surface area contributed by atoms with Gasteiger partial charge in [0.1, 0.15) is 11.4 Å². The number of aliphatic hydroxyl groups excluding tert-OH is 1. The second-order valence-electron chi connectivity index (χ2n) is 6.75. The molecule has 2 N–H and O–H groups in total. The average molecular weight is 316 g/mol. The lowest BCUT2D eigenvalue weighted by molar-refractivity contribution is -0.131. The van der Waals surface area contributed by atoms with E-state index >= 15 is 0 Å². The standard InChI is InChI=1S/C19H24O4/c1-12(2)5-7-14-9-13(6-8-17(21)22)10-15-11-16(20)19(3,4)23-18(14)15/h5-6,8-10,16,20H,7,11H2,1-4H3,(H,21,22)/b8-6+/t16-/m1/s1. The summed E-state index contributed by atoms with van der Waals surface area (Å²) in [6.45, 7) is 7.83. The monoisotopic (exact) mass is 316 g/mol. The smallest absolute Gasteiger partial charge is 0.328 e. The van der Waals surface area contributed by atoms with E-state index in [1.807, 2.05) is 39.8 Å². The summed E-state index contributed by atoms with van der Waals surface area (Å²) in [6.07, 6.45) is 5.42. The van der Waals surface area contributed by atoms with Gasteiger partial charge in [-0.3, -0.25) is 0 Å². The SMILES string of the molecule is CC(C)=CCc1cc(/C=C/C(=O)O)cc2c1OC(C)(C)[C@H](O)C2. The van der Waals surface area contributed by atoms with Gasteiger partial charge in [0, 0.05) is 12.5 Å². The molecule has 4 nitrogen and oxygen atoms in total. The van der Waals surface area contributed by atoms with Gasteiger partial charge in [-0.2, -0.15) is 0 Å². The summed E-state index contributed by atoms with van der Waals surface area (Å²) in [5.41, 5.74) is 3.31. The van der Waals surface area contributed by atoms with Crippen LogP contribution in [0.4, 0.5) is 0 Å². The number of aliphatic hydroxyl groups is 1. The minimum Gasteiger partial charge on any atom is -0.485 e. The van der Waals surface area contributed by atoms with Crippen molar-refractivity contribution in [1.82, 2.24) is 0 Å². The maximum Gasteiger partial charge on any atom is 0.328 e. The number of rotatable bonds is 4. The molecule has 0 radical (unpaired) electrons. The molecular formula is C19H24O4. The second-order valence-corrected chi connectivity index (χ2v) is 6.75. The van der Waals surface area contributed by atoms with Crippen LogP contribution in [0.3, 0.4) is 0 Å². The van der Waals surface area contributed by atoms with Gasteiger partial charge < -0.3 is 14.9 Å². The van der Waals surface area contributed by atoms with Crippen molar-refractivity contribution in [1.29, 1.82) is 0 Å². The molecule has 0 saturated heterocycles. The lowest BCUT2D eigenvalue weighted by atomic mass is 9.88. The highest BCUT2D eigenvalue weighted by Gasteiger charge is 2.36. The van der Waals surface area contributed by atoms with Crippen LogP contribution in [-0.2, 0) is 17.6 Å². The Balaban J connectivity index is 2.49. The molecule has 4 heteroatoms. The summed E-state index contributed by atoms with van der Waals surface area (Å²) < 4.78 is 6.06. The van der Waals surface area contributed by atoms with Gasteiger partial charge >= 0.3 is 5.97 Å². The van der Waals surface area contributed by atoms with E-state index in [0.29, 0.717) is 12.8 Å². The third-order valence-corrected chi connectivity index (χ3v) is 3.99. The zero-order chi connectivity index (χ0) is 17.2. The van der Waals surface area contributed by atoms with Crippen LogP contribution >= 0.6 is 0 Å². The first-order valence-electron chi connectivity index (χ1n) is 7.76. The van der Waals surface area contributed by atoms with Gasteiger partial charge in [0.05, 0.1) is 6.10 Å². The molecule has 0 amide bonds. The molecule has 23 heavy (non-hydrogen) atoms. The largest absolute Gasteiger partial charge is 0.485 e. The zero-order valence-electron chi connectivity index (χ0n) is 14.1. The van der Waals surface area contributed by atoms with Crippen molar-refractivity contribution in [2.45, 2.75) is 52.2 Å². The number of carboxylic acid groups (broad SMARTS) is 1. The van der Waals surface area contributed by atoms with Gasteiger partial charge in [-0.25, -0.2) is 4.79 Å². The molecule has 1 aliphatic rings. The number of benzene rings is 1. The first-order chi connectivity index (χ1) is 10.7. The van der Waals surface area contributed by atoms with Crippen LogP contribution in [0.25, 0.3) is 6.08 Å². The van der Waals surface area contributed by atoms with Crippen molar-refractivity contribution in [3.05, 3.63) is 46.5 Å². The summed E-state index contributed by atoms with van der Waals surface area (Å²) in [6, 6.07) is 3.84. The summed E-state index contributed by atoms with van der Waals surface area (Å²) >= 11 is 0. The zero-order valence-corrected chi connectivity index (χ0v) is 14.1. The van der Waals surface area contributed by atoms with Crippen LogP contribution in [0.2, 0.25) is 0 Å². The molecule has 1 heterocycles. The Labute approximate surface area is 137 Å². The Morgan fingerprint density at radius 2 is 2.09 bits per heavy atom. The minimum absolute atomic E-state index is 0.499. The van der Waals surface area contributed by atoms with E-state index in [0.717, 1.165) is 28.5 Å². The molecule has 124 valence electrons. The molecule has 1 aromatic rings. The number of fused-ring (bicyclic) bond motifs is 1. The molecule has 0 saturated carbocycles. The molecule has 0 spiro atoms. The first-order valence-corrected chi connectivity index (χ1v) is 7.76. The Morgan fingerprint density at radius 1 is 1.39 bits per heavy atom. The van der Waals surface area contributed by atoms with E-state index in [-0.39, 0.29) is 0 Å². The lowest BCUT2D eigenvalue weighted by Crippen LogP contribution is -2.46. The van der Waals surface area contributed by atoms with Gasteiger partial charge in [0.2, 0.25) is 0 Å². The summed E-state index contributed by atoms with van der Waals surface area (Å²) in [5, 5.41) is 19.1. The molecule has 1 aromatic carbocycles. The van der Waals surface area contributed by atoms with Gasteiger partial charge in [-0.05, 0) is 69.0 Å². The maximum absolute atomic E-state index is 10.7. The number of ether oxygens (including phenoxy) is 1. The molecule has 0 bridgehead atoms. The van der Waals surface area contributed by atoms with Crippen LogP contribution in [0, 0.1) is 0 Å². The Kier molecular flexibility index (Phi) is 4.95. The number of carboxylic acids is 1. The van der Waals surface area contributed by atoms with E-state index in [1.165, 1.54) is 5.57 Å². The highest BCUT2D eigenvalue weighted by atomic mass is 16.5. The molecular weight excluding hydrogens is 292 g/mol. The highest BCUT2D eigenvalue weighted by Crippen LogP contribution is 2.37. The molecule has 0 fully saturated rings. The van der Waals surface area contributed by atoms with Crippen molar-refractivity contribution in [2.24, 2.45) is 0 Å². The Hall–Kier alpha value is -2.07. The quantitative estimate of drug-likeness (QED) is 0.660. The normalized spacial score (nSPS) is 19.1. The fourth-order valence-electron chi connectivity index (χ4n) is 2.58. The first kappa shape index (κ1) is 17.3. The van der Waals surface area contributed by atoms with Crippen molar-refractivity contribution >= 4 is 12.0 Å². The van der Waals surface area contributed by atoms with Gasteiger partial charge in [0.15, 0.2) is 0 Å². The fraction of sp³-hybridized carbons (Fsp3) is 0.421. The van der Waals surface area contributed by atoms with Crippen LogP contribution in [-0.4, -0.2) is 27.9 Å². The van der Waals surface area contributed by atoms with Gasteiger partial charge in [-0.15, -0.1) is 0 Å². The van der Waals surface area contributed by atoms with Crippen LogP contribution in [0.5, 0.6) is 5.75 Å². The molecule has 1 aliphatic heterocycles. The van der Waals surface area contributed by atoms with Crippen LogP contribution < -0.4 is 4.74 Å². The topological polar surface area (TPSA) is 66.8 Å².